The maximum absolute atomic E-state index is 5.79. The molecule has 0 amide bonds. The van der Waals surface area contributed by atoms with Crippen LogP contribution in [0.4, 0.5) is 0 Å². The molecule has 1 aromatic carbocycles. The van der Waals surface area contributed by atoms with Crippen LogP contribution in [-0.2, 0) is 0 Å². The van der Waals surface area contributed by atoms with Crippen LogP contribution in [0.3, 0.4) is 0 Å². The van der Waals surface area contributed by atoms with Crippen molar-refractivity contribution in [2.75, 3.05) is 6.61 Å². The Morgan fingerprint density at radius 2 is 1.70 bits per heavy atom. The van der Waals surface area contributed by atoms with Gasteiger partial charge in [0.25, 0.3) is 0 Å². The summed E-state index contributed by atoms with van der Waals surface area (Å²) in [5.74, 6) is 1.05. The quantitative estimate of drug-likeness (QED) is 0.866. The van der Waals surface area contributed by atoms with E-state index in [2.05, 4.69) is 51.2 Å². The van der Waals surface area contributed by atoms with Crippen LogP contribution in [0.2, 0.25) is 0 Å². The molecular weight excluding hydrogens is 246 g/mol. The Labute approximate surface area is 122 Å². The molecule has 0 radical (unpaired) electrons. The van der Waals surface area contributed by atoms with E-state index >= 15 is 0 Å². The van der Waals surface area contributed by atoms with Crippen molar-refractivity contribution in [3.63, 3.8) is 0 Å². The average Bonchev–Trinajstić information content (AvgIpc) is 2.69. The number of hydrogen-bond acceptors (Lipinski definition) is 2. The summed E-state index contributed by atoms with van der Waals surface area (Å²) in [4.78, 5) is 0. The molecular formula is C18H27NO. The fourth-order valence-corrected chi connectivity index (χ4v) is 4.55. The summed E-state index contributed by atoms with van der Waals surface area (Å²) < 4.78 is 5.79. The molecule has 1 fully saturated rings. The maximum atomic E-state index is 5.79. The van der Waals surface area contributed by atoms with E-state index in [1.807, 2.05) is 6.07 Å². The van der Waals surface area contributed by atoms with E-state index in [-0.39, 0.29) is 0 Å². The van der Waals surface area contributed by atoms with E-state index in [9.17, 15) is 0 Å². The average molecular weight is 273 g/mol. The molecule has 1 aliphatic heterocycles. The minimum Gasteiger partial charge on any atom is -0.491 e. The molecule has 0 bridgehead atoms. The lowest BCUT2D eigenvalue weighted by Crippen LogP contribution is -2.45. The zero-order valence-electron chi connectivity index (χ0n) is 13.2. The van der Waals surface area contributed by atoms with E-state index < -0.39 is 0 Å². The van der Waals surface area contributed by atoms with Crippen molar-refractivity contribution >= 4 is 0 Å². The molecule has 0 saturated heterocycles. The van der Waals surface area contributed by atoms with Crippen LogP contribution in [0.25, 0.3) is 0 Å². The molecule has 0 spiro atoms. The van der Waals surface area contributed by atoms with Gasteiger partial charge in [-0.15, -0.1) is 0 Å². The molecule has 1 unspecified atom stereocenters. The Morgan fingerprint density at radius 1 is 1.05 bits per heavy atom. The van der Waals surface area contributed by atoms with Crippen LogP contribution >= 0.6 is 0 Å². The molecule has 1 heterocycles. The van der Waals surface area contributed by atoms with E-state index in [1.165, 1.54) is 24.8 Å². The maximum Gasteiger partial charge on any atom is 0.124 e. The first-order valence-corrected chi connectivity index (χ1v) is 7.83. The van der Waals surface area contributed by atoms with Crippen LogP contribution in [-0.4, -0.2) is 12.6 Å². The molecule has 2 aliphatic rings. The number of benzene rings is 1. The summed E-state index contributed by atoms with van der Waals surface area (Å²) in [6.07, 6.45) is 3.83. The molecule has 20 heavy (non-hydrogen) atoms. The van der Waals surface area contributed by atoms with Crippen LogP contribution in [0.5, 0.6) is 5.75 Å². The number of ether oxygens (including phenoxy) is 1. The van der Waals surface area contributed by atoms with Gasteiger partial charge >= 0.3 is 0 Å². The fourth-order valence-electron chi connectivity index (χ4n) is 4.55. The van der Waals surface area contributed by atoms with Crippen LogP contribution in [0.15, 0.2) is 24.3 Å². The summed E-state index contributed by atoms with van der Waals surface area (Å²) in [6.45, 7) is 10.4. The van der Waals surface area contributed by atoms with Crippen LogP contribution in [0.1, 0.15) is 58.6 Å². The Bertz CT molecular complexity index is 476. The van der Waals surface area contributed by atoms with Crippen molar-refractivity contribution in [2.45, 2.75) is 59.0 Å². The smallest absolute Gasteiger partial charge is 0.124 e. The van der Waals surface area contributed by atoms with Crippen LogP contribution < -0.4 is 10.1 Å². The first kappa shape index (κ1) is 13.9. The summed E-state index contributed by atoms with van der Waals surface area (Å²) in [6, 6.07) is 9.38. The van der Waals surface area contributed by atoms with E-state index in [1.54, 1.807) is 0 Å². The van der Waals surface area contributed by atoms with Crippen LogP contribution in [0, 0.1) is 10.8 Å². The lowest BCUT2D eigenvalue weighted by molar-refractivity contribution is 0.0785. The summed E-state index contributed by atoms with van der Waals surface area (Å²) in [7, 11) is 0. The zero-order valence-corrected chi connectivity index (χ0v) is 13.2. The van der Waals surface area contributed by atoms with Gasteiger partial charge in [0.15, 0.2) is 0 Å². The highest BCUT2D eigenvalue weighted by Gasteiger charge is 2.39. The first-order valence-electron chi connectivity index (χ1n) is 7.83. The van der Waals surface area contributed by atoms with Crippen molar-refractivity contribution in [2.24, 2.45) is 10.8 Å². The lowest BCUT2D eigenvalue weighted by Gasteiger charge is -2.45. The second-order valence-corrected chi connectivity index (χ2v) is 8.18. The molecule has 2 nitrogen and oxygen atoms in total. The minimum absolute atomic E-state index is 0.362. The third-order valence-electron chi connectivity index (χ3n) is 4.69. The highest BCUT2D eigenvalue weighted by atomic mass is 16.5. The van der Waals surface area contributed by atoms with Gasteiger partial charge < -0.3 is 10.1 Å². The van der Waals surface area contributed by atoms with Crippen molar-refractivity contribution in [1.82, 2.24) is 5.32 Å². The summed E-state index contributed by atoms with van der Waals surface area (Å²) in [5, 5.41) is 3.86. The van der Waals surface area contributed by atoms with Crippen molar-refractivity contribution < 1.29 is 4.74 Å². The van der Waals surface area contributed by atoms with Gasteiger partial charge in [0.05, 0.1) is 6.04 Å². The summed E-state index contributed by atoms with van der Waals surface area (Å²) in [5.41, 5.74) is 2.19. The molecule has 1 aromatic rings. The van der Waals surface area contributed by atoms with Gasteiger partial charge in [0.1, 0.15) is 12.4 Å². The van der Waals surface area contributed by atoms with E-state index in [0.717, 1.165) is 12.4 Å². The number of hydrogen-bond donors (Lipinski definition) is 1. The monoisotopic (exact) mass is 273 g/mol. The molecule has 2 heteroatoms. The van der Waals surface area contributed by atoms with Crippen molar-refractivity contribution in [3.05, 3.63) is 29.8 Å². The fraction of sp³-hybridized carbons (Fsp3) is 0.667. The normalized spacial score (nSPS) is 27.9. The van der Waals surface area contributed by atoms with E-state index in [4.69, 9.17) is 4.74 Å². The standard InChI is InChI=1S/C18H27NO/c1-17(2)9-13(10-18(3,4)12-17)19-15-11-20-16-8-6-5-7-14(15)16/h5-8,13,15,19H,9-12H2,1-4H3. The van der Waals surface area contributed by atoms with Gasteiger partial charge in [0.2, 0.25) is 0 Å². The topological polar surface area (TPSA) is 21.3 Å². The first-order chi connectivity index (χ1) is 9.35. The third kappa shape index (κ3) is 2.85. The highest BCUT2D eigenvalue weighted by Crippen LogP contribution is 2.46. The SMILES string of the molecule is CC1(C)CC(NC2COc3ccccc32)CC(C)(C)C1. The second kappa shape index (κ2) is 4.77. The third-order valence-corrected chi connectivity index (χ3v) is 4.69. The number of fused-ring (bicyclic) bond motifs is 1. The van der Waals surface area contributed by atoms with Gasteiger partial charge in [-0.05, 0) is 36.2 Å². The molecule has 1 atom stereocenters. The summed E-state index contributed by atoms with van der Waals surface area (Å²) >= 11 is 0. The van der Waals surface area contributed by atoms with E-state index in [0.29, 0.717) is 22.9 Å². The van der Waals surface area contributed by atoms with Gasteiger partial charge in [-0.25, -0.2) is 0 Å². The molecule has 1 aliphatic carbocycles. The zero-order chi connectivity index (χ0) is 14.4. The van der Waals surface area contributed by atoms with Crippen molar-refractivity contribution in [3.8, 4) is 5.75 Å². The molecule has 0 aromatic heterocycles. The Hall–Kier alpha value is -1.02. The number of rotatable bonds is 2. The predicted octanol–water partition coefficient (Wildman–Crippen LogP) is 4.31. The molecule has 110 valence electrons. The highest BCUT2D eigenvalue weighted by molar-refractivity contribution is 5.39. The Kier molecular flexibility index (Phi) is 3.32. The predicted molar refractivity (Wildman–Crippen MR) is 83.0 cm³/mol. The largest absolute Gasteiger partial charge is 0.491 e. The Balaban J connectivity index is 1.73. The number of para-hydroxylation sites is 1. The van der Waals surface area contributed by atoms with Crippen molar-refractivity contribution in [1.29, 1.82) is 0 Å². The van der Waals surface area contributed by atoms with Gasteiger partial charge in [-0.3, -0.25) is 0 Å². The Morgan fingerprint density at radius 3 is 2.40 bits per heavy atom. The molecule has 1 N–H and O–H groups in total. The lowest BCUT2D eigenvalue weighted by atomic mass is 9.63. The minimum atomic E-state index is 0.362. The van der Waals surface area contributed by atoms with Gasteiger partial charge in [-0.2, -0.15) is 0 Å². The number of nitrogens with one attached hydrogen (secondary N) is 1. The van der Waals surface area contributed by atoms with Gasteiger partial charge in [0, 0.05) is 11.6 Å². The van der Waals surface area contributed by atoms with Gasteiger partial charge in [-0.1, -0.05) is 45.9 Å². The molecule has 3 rings (SSSR count). The second-order valence-electron chi connectivity index (χ2n) is 8.18. The molecule has 1 saturated carbocycles.